The Labute approximate surface area is 71.9 Å². The molecule has 0 amide bonds. The molecule has 0 atom stereocenters. The Morgan fingerprint density at radius 3 is 2.67 bits per heavy atom. The number of carboxylic acids is 1. The minimum Gasteiger partial charge on any atom is -0.481 e. The minimum atomic E-state index is -0.752. The van der Waals surface area contributed by atoms with E-state index in [1.165, 1.54) is 0 Å². The summed E-state index contributed by atoms with van der Waals surface area (Å²) in [5, 5.41) is 12.0. The van der Waals surface area contributed by atoms with E-state index in [0.717, 1.165) is 13.0 Å². The smallest absolute Gasteiger partial charge is 0.315 e. The van der Waals surface area contributed by atoms with Gasteiger partial charge in [-0.2, -0.15) is 0 Å². The largest absolute Gasteiger partial charge is 0.481 e. The lowest BCUT2D eigenvalue weighted by Gasteiger charge is -2.37. The number of rotatable bonds is 5. The normalized spacial score (nSPS) is 20.1. The highest BCUT2D eigenvalue weighted by atomic mass is 16.5. The summed E-state index contributed by atoms with van der Waals surface area (Å²) in [7, 11) is 0. The van der Waals surface area contributed by atoms with Crippen LogP contribution in [0.3, 0.4) is 0 Å². The van der Waals surface area contributed by atoms with E-state index in [1.54, 1.807) is 0 Å². The van der Waals surface area contributed by atoms with Gasteiger partial charge in [-0.1, -0.05) is 6.92 Å². The topological polar surface area (TPSA) is 58.6 Å². The van der Waals surface area contributed by atoms with Gasteiger partial charge in [0.1, 0.15) is 5.41 Å². The van der Waals surface area contributed by atoms with Gasteiger partial charge in [0.15, 0.2) is 0 Å². The van der Waals surface area contributed by atoms with E-state index in [9.17, 15) is 4.79 Å². The average Bonchev–Trinajstić information content (AvgIpc) is 1.94. The molecule has 1 aliphatic rings. The van der Waals surface area contributed by atoms with Gasteiger partial charge in [-0.15, -0.1) is 0 Å². The molecule has 4 heteroatoms. The molecule has 4 nitrogen and oxygen atoms in total. The average molecular weight is 173 g/mol. The molecule has 0 aliphatic carbocycles. The molecular weight excluding hydrogens is 158 g/mol. The molecule has 1 saturated heterocycles. The van der Waals surface area contributed by atoms with Gasteiger partial charge in [0, 0.05) is 6.54 Å². The number of nitrogens with one attached hydrogen (secondary N) is 1. The van der Waals surface area contributed by atoms with E-state index in [0.29, 0.717) is 19.8 Å². The van der Waals surface area contributed by atoms with E-state index in [-0.39, 0.29) is 0 Å². The van der Waals surface area contributed by atoms with E-state index in [2.05, 4.69) is 12.2 Å². The van der Waals surface area contributed by atoms with Crippen molar-refractivity contribution >= 4 is 5.97 Å². The summed E-state index contributed by atoms with van der Waals surface area (Å²) in [6, 6.07) is 0. The van der Waals surface area contributed by atoms with Crippen LogP contribution in [0, 0.1) is 5.41 Å². The standard InChI is InChI=1S/C8H15NO3/c1-2-3-9-4-8(7(10)11)5-12-6-8/h9H,2-6H2,1H3,(H,10,11). The zero-order chi connectivity index (χ0) is 9.03. The Hall–Kier alpha value is -0.610. The third-order valence-electron chi connectivity index (χ3n) is 2.10. The Kier molecular flexibility index (Phi) is 3.05. The zero-order valence-corrected chi connectivity index (χ0v) is 7.30. The maximum absolute atomic E-state index is 10.8. The molecule has 2 N–H and O–H groups in total. The first-order chi connectivity index (χ1) is 5.71. The number of ether oxygens (including phenoxy) is 1. The summed E-state index contributed by atoms with van der Waals surface area (Å²) in [5.74, 6) is -0.752. The van der Waals surface area contributed by atoms with Crippen molar-refractivity contribution in [3.63, 3.8) is 0 Å². The van der Waals surface area contributed by atoms with Crippen LogP contribution in [0.1, 0.15) is 13.3 Å². The highest BCUT2D eigenvalue weighted by Crippen LogP contribution is 2.26. The first kappa shape index (κ1) is 9.48. The molecule has 1 rings (SSSR count). The molecule has 0 unspecified atom stereocenters. The summed E-state index contributed by atoms with van der Waals surface area (Å²) in [5.41, 5.74) is -0.644. The summed E-state index contributed by atoms with van der Waals surface area (Å²) < 4.78 is 4.91. The lowest BCUT2D eigenvalue weighted by Crippen LogP contribution is -2.55. The minimum absolute atomic E-state index is 0.346. The van der Waals surface area contributed by atoms with Gasteiger partial charge in [-0.05, 0) is 13.0 Å². The molecule has 1 fully saturated rings. The van der Waals surface area contributed by atoms with Crippen molar-refractivity contribution < 1.29 is 14.6 Å². The van der Waals surface area contributed by atoms with Crippen LogP contribution >= 0.6 is 0 Å². The van der Waals surface area contributed by atoms with Crippen LogP contribution in [0.2, 0.25) is 0 Å². The first-order valence-corrected chi connectivity index (χ1v) is 4.23. The Bertz CT molecular complexity index is 166. The summed E-state index contributed by atoms with van der Waals surface area (Å²) in [6.45, 7) is 4.14. The quantitative estimate of drug-likeness (QED) is 0.578. The molecule has 1 aliphatic heterocycles. The van der Waals surface area contributed by atoms with Gasteiger partial charge >= 0.3 is 5.97 Å². The van der Waals surface area contributed by atoms with E-state index >= 15 is 0 Å². The molecular formula is C8H15NO3. The third kappa shape index (κ3) is 1.76. The second-order valence-electron chi connectivity index (χ2n) is 3.26. The first-order valence-electron chi connectivity index (χ1n) is 4.23. The Morgan fingerprint density at radius 1 is 1.67 bits per heavy atom. The fourth-order valence-corrected chi connectivity index (χ4v) is 1.15. The van der Waals surface area contributed by atoms with Crippen molar-refractivity contribution in [1.29, 1.82) is 0 Å². The van der Waals surface area contributed by atoms with Crippen molar-refractivity contribution in [1.82, 2.24) is 5.32 Å². The SMILES string of the molecule is CCCNCC1(C(=O)O)COC1. The molecule has 0 aromatic heterocycles. The molecule has 0 radical (unpaired) electrons. The predicted molar refractivity (Wildman–Crippen MR) is 44.0 cm³/mol. The fraction of sp³-hybridized carbons (Fsp3) is 0.875. The van der Waals surface area contributed by atoms with Crippen LogP contribution in [0.4, 0.5) is 0 Å². The van der Waals surface area contributed by atoms with E-state index in [1.807, 2.05) is 0 Å². The number of carboxylic acid groups (broad SMARTS) is 1. The Balaban J connectivity index is 2.30. The van der Waals surface area contributed by atoms with Crippen LogP contribution in [-0.2, 0) is 9.53 Å². The van der Waals surface area contributed by atoms with Crippen LogP contribution in [-0.4, -0.2) is 37.4 Å². The highest BCUT2D eigenvalue weighted by molar-refractivity contribution is 5.76. The Morgan fingerprint density at radius 2 is 2.33 bits per heavy atom. The van der Waals surface area contributed by atoms with Crippen molar-refractivity contribution in [3.8, 4) is 0 Å². The van der Waals surface area contributed by atoms with Gasteiger partial charge in [-0.25, -0.2) is 0 Å². The van der Waals surface area contributed by atoms with Gasteiger partial charge in [0.05, 0.1) is 13.2 Å². The number of hydrogen-bond donors (Lipinski definition) is 2. The second-order valence-corrected chi connectivity index (χ2v) is 3.26. The van der Waals surface area contributed by atoms with Crippen LogP contribution in [0.5, 0.6) is 0 Å². The summed E-state index contributed by atoms with van der Waals surface area (Å²) >= 11 is 0. The molecule has 0 aromatic carbocycles. The lowest BCUT2D eigenvalue weighted by atomic mass is 9.86. The second kappa shape index (κ2) is 3.87. The predicted octanol–water partition coefficient (Wildman–Crippen LogP) is 0.0872. The van der Waals surface area contributed by atoms with Crippen LogP contribution in [0.25, 0.3) is 0 Å². The van der Waals surface area contributed by atoms with Gasteiger partial charge < -0.3 is 15.2 Å². The zero-order valence-electron chi connectivity index (χ0n) is 7.30. The van der Waals surface area contributed by atoms with Gasteiger partial charge in [0.25, 0.3) is 0 Å². The number of hydrogen-bond acceptors (Lipinski definition) is 3. The van der Waals surface area contributed by atoms with Crippen molar-refractivity contribution in [2.75, 3.05) is 26.3 Å². The number of carbonyl (C=O) groups is 1. The monoisotopic (exact) mass is 173 g/mol. The van der Waals surface area contributed by atoms with Gasteiger partial charge in [-0.3, -0.25) is 4.79 Å². The van der Waals surface area contributed by atoms with Gasteiger partial charge in [0.2, 0.25) is 0 Å². The molecule has 0 spiro atoms. The van der Waals surface area contributed by atoms with Crippen molar-refractivity contribution in [3.05, 3.63) is 0 Å². The van der Waals surface area contributed by atoms with E-state index < -0.39 is 11.4 Å². The highest BCUT2D eigenvalue weighted by Gasteiger charge is 2.45. The number of aliphatic carboxylic acids is 1. The van der Waals surface area contributed by atoms with Crippen LogP contribution in [0.15, 0.2) is 0 Å². The lowest BCUT2D eigenvalue weighted by molar-refractivity contribution is -0.178. The maximum atomic E-state index is 10.8. The molecule has 1 heterocycles. The summed E-state index contributed by atoms with van der Waals surface area (Å²) in [6.07, 6.45) is 1.02. The van der Waals surface area contributed by atoms with Crippen molar-refractivity contribution in [2.24, 2.45) is 5.41 Å². The third-order valence-corrected chi connectivity index (χ3v) is 2.10. The van der Waals surface area contributed by atoms with Crippen molar-refractivity contribution in [2.45, 2.75) is 13.3 Å². The molecule has 0 saturated carbocycles. The molecule has 70 valence electrons. The molecule has 0 bridgehead atoms. The maximum Gasteiger partial charge on any atom is 0.315 e. The summed E-state index contributed by atoms with van der Waals surface area (Å²) in [4.78, 5) is 10.8. The molecule has 12 heavy (non-hydrogen) atoms. The molecule has 0 aromatic rings. The van der Waals surface area contributed by atoms with E-state index in [4.69, 9.17) is 9.84 Å². The fourth-order valence-electron chi connectivity index (χ4n) is 1.15. The van der Waals surface area contributed by atoms with Crippen LogP contribution < -0.4 is 5.32 Å².